The molecule has 0 unspecified atom stereocenters. The molecule has 3 nitrogen and oxygen atoms in total. The number of aromatic amines is 1. The van der Waals surface area contributed by atoms with Crippen molar-refractivity contribution in [2.75, 3.05) is 5.32 Å². The molecule has 4 rings (SSSR count). The minimum atomic E-state index is 0.0861. The summed E-state index contributed by atoms with van der Waals surface area (Å²) in [7, 11) is 0. The van der Waals surface area contributed by atoms with Crippen LogP contribution < -0.4 is 5.32 Å². The van der Waals surface area contributed by atoms with E-state index < -0.39 is 0 Å². The van der Waals surface area contributed by atoms with Gasteiger partial charge < -0.3 is 10.3 Å². The smallest absolute Gasteiger partial charge is 0.185 e. The third kappa shape index (κ3) is 3.38. The Labute approximate surface area is 152 Å². The van der Waals surface area contributed by atoms with E-state index >= 15 is 0 Å². The van der Waals surface area contributed by atoms with Crippen molar-refractivity contribution in [2.24, 2.45) is 0 Å². The van der Waals surface area contributed by atoms with Gasteiger partial charge in [0.2, 0.25) is 0 Å². The summed E-state index contributed by atoms with van der Waals surface area (Å²) in [5.41, 5.74) is 4.69. The fraction of sp³-hybridized carbons (Fsp3) is 0.0870. The number of para-hydroxylation sites is 1. The van der Waals surface area contributed by atoms with Crippen molar-refractivity contribution in [1.29, 1.82) is 0 Å². The van der Waals surface area contributed by atoms with Crippen LogP contribution in [-0.4, -0.2) is 10.8 Å². The highest BCUT2D eigenvalue weighted by molar-refractivity contribution is 6.09. The number of carbonyl (C=O) groups is 1. The average Bonchev–Trinajstić information content (AvgIpc) is 3.07. The highest BCUT2D eigenvalue weighted by Crippen LogP contribution is 2.29. The maximum Gasteiger partial charge on any atom is 0.185 e. The standard InChI is InChI=1S/C23H20N2O/c26-21(15-17-9-3-1-4-10-17)23-22(19-13-7-8-14-20(19)25-23)24-16-18-11-5-2-6-12-18/h1-14,24-25H,15-16H2. The van der Waals surface area contributed by atoms with E-state index in [1.165, 1.54) is 5.56 Å². The zero-order chi connectivity index (χ0) is 17.8. The minimum absolute atomic E-state index is 0.0861. The number of ketones is 1. The summed E-state index contributed by atoms with van der Waals surface area (Å²) in [4.78, 5) is 16.3. The normalized spacial score (nSPS) is 10.8. The van der Waals surface area contributed by atoms with Crippen LogP contribution in [0, 0.1) is 0 Å². The van der Waals surface area contributed by atoms with Crippen molar-refractivity contribution in [1.82, 2.24) is 4.98 Å². The summed E-state index contributed by atoms with van der Waals surface area (Å²) in [6, 6.07) is 28.1. The molecule has 3 aromatic carbocycles. The van der Waals surface area contributed by atoms with Gasteiger partial charge in [-0.05, 0) is 17.2 Å². The molecule has 0 atom stereocenters. The summed E-state index contributed by atoms with van der Waals surface area (Å²) in [5.74, 6) is 0.0861. The third-order valence-corrected chi connectivity index (χ3v) is 4.50. The molecular formula is C23H20N2O. The van der Waals surface area contributed by atoms with E-state index in [1.54, 1.807) is 0 Å². The summed E-state index contributed by atoms with van der Waals surface area (Å²) in [6.45, 7) is 0.675. The van der Waals surface area contributed by atoms with Gasteiger partial charge in [-0.2, -0.15) is 0 Å². The molecule has 0 aliphatic carbocycles. The molecule has 1 heterocycles. The predicted molar refractivity (Wildman–Crippen MR) is 107 cm³/mol. The summed E-state index contributed by atoms with van der Waals surface area (Å²) in [5, 5.41) is 4.51. The van der Waals surface area contributed by atoms with E-state index in [-0.39, 0.29) is 5.78 Å². The Bertz CT molecular complexity index is 1020. The van der Waals surface area contributed by atoms with Crippen molar-refractivity contribution in [3.8, 4) is 0 Å². The molecule has 2 N–H and O–H groups in total. The Balaban J connectivity index is 1.66. The number of H-pyrrole nitrogens is 1. The lowest BCUT2D eigenvalue weighted by molar-refractivity contribution is 0.0990. The minimum Gasteiger partial charge on any atom is -0.379 e. The van der Waals surface area contributed by atoms with Crippen LogP contribution in [0.5, 0.6) is 0 Å². The Morgan fingerprint density at radius 2 is 1.38 bits per heavy atom. The Morgan fingerprint density at radius 1 is 0.769 bits per heavy atom. The van der Waals surface area contributed by atoms with Crippen LogP contribution in [0.2, 0.25) is 0 Å². The summed E-state index contributed by atoms with van der Waals surface area (Å²) >= 11 is 0. The van der Waals surface area contributed by atoms with Crippen LogP contribution in [0.3, 0.4) is 0 Å². The number of nitrogens with one attached hydrogen (secondary N) is 2. The molecule has 0 saturated carbocycles. The molecule has 3 heteroatoms. The van der Waals surface area contributed by atoms with Crippen LogP contribution >= 0.6 is 0 Å². The molecule has 128 valence electrons. The van der Waals surface area contributed by atoms with E-state index in [4.69, 9.17) is 0 Å². The molecule has 4 aromatic rings. The molecule has 0 spiro atoms. The number of carbonyl (C=O) groups excluding carboxylic acids is 1. The lowest BCUT2D eigenvalue weighted by Crippen LogP contribution is -2.08. The van der Waals surface area contributed by atoms with E-state index in [9.17, 15) is 4.79 Å². The van der Waals surface area contributed by atoms with Gasteiger partial charge in [0.25, 0.3) is 0 Å². The molecule has 0 bridgehead atoms. The summed E-state index contributed by atoms with van der Waals surface area (Å²) in [6.07, 6.45) is 0.383. The molecular weight excluding hydrogens is 320 g/mol. The van der Waals surface area contributed by atoms with Crippen molar-refractivity contribution < 1.29 is 4.79 Å². The number of fused-ring (bicyclic) bond motifs is 1. The fourth-order valence-corrected chi connectivity index (χ4v) is 3.19. The first-order chi connectivity index (χ1) is 12.8. The Kier molecular flexibility index (Phi) is 4.52. The second-order valence-electron chi connectivity index (χ2n) is 6.35. The predicted octanol–water partition coefficient (Wildman–Crippen LogP) is 5.21. The molecule has 26 heavy (non-hydrogen) atoms. The number of rotatable bonds is 6. The Morgan fingerprint density at radius 3 is 2.12 bits per heavy atom. The molecule has 0 radical (unpaired) electrons. The van der Waals surface area contributed by atoms with Gasteiger partial charge in [0.1, 0.15) is 5.69 Å². The van der Waals surface area contributed by atoms with Crippen molar-refractivity contribution in [3.63, 3.8) is 0 Å². The largest absolute Gasteiger partial charge is 0.379 e. The monoisotopic (exact) mass is 340 g/mol. The molecule has 0 saturated heterocycles. The van der Waals surface area contributed by atoms with Gasteiger partial charge in [-0.3, -0.25) is 4.79 Å². The SMILES string of the molecule is O=C(Cc1ccccc1)c1[nH]c2ccccc2c1NCc1ccccc1. The number of benzene rings is 3. The van der Waals surface area contributed by atoms with E-state index in [1.807, 2.05) is 72.8 Å². The maximum absolute atomic E-state index is 12.9. The number of hydrogen-bond acceptors (Lipinski definition) is 2. The first kappa shape index (κ1) is 16.2. The van der Waals surface area contributed by atoms with Crippen LogP contribution in [0.1, 0.15) is 21.6 Å². The van der Waals surface area contributed by atoms with E-state index in [2.05, 4.69) is 22.4 Å². The lowest BCUT2D eigenvalue weighted by Gasteiger charge is -2.08. The van der Waals surface area contributed by atoms with Crippen molar-refractivity contribution >= 4 is 22.4 Å². The second-order valence-corrected chi connectivity index (χ2v) is 6.35. The first-order valence-corrected chi connectivity index (χ1v) is 8.77. The molecule has 0 aliphatic rings. The van der Waals surface area contributed by atoms with Crippen LogP contribution in [0.25, 0.3) is 10.9 Å². The highest BCUT2D eigenvalue weighted by Gasteiger charge is 2.17. The maximum atomic E-state index is 12.9. The van der Waals surface area contributed by atoms with Crippen molar-refractivity contribution in [3.05, 3.63) is 102 Å². The quantitative estimate of drug-likeness (QED) is 0.474. The van der Waals surface area contributed by atoms with Gasteiger partial charge in [-0.15, -0.1) is 0 Å². The van der Waals surface area contributed by atoms with Gasteiger partial charge in [-0.1, -0.05) is 78.9 Å². The number of aromatic nitrogens is 1. The number of hydrogen-bond donors (Lipinski definition) is 2. The van der Waals surface area contributed by atoms with Crippen LogP contribution in [-0.2, 0) is 13.0 Å². The Hall–Kier alpha value is -3.33. The fourth-order valence-electron chi connectivity index (χ4n) is 3.19. The highest BCUT2D eigenvalue weighted by atomic mass is 16.1. The van der Waals surface area contributed by atoms with Gasteiger partial charge in [0.15, 0.2) is 5.78 Å². The van der Waals surface area contributed by atoms with E-state index in [0.717, 1.165) is 22.2 Å². The van der Waals surface area contributed by atoms with Crippen LogP contribution in [0.15, 0.2) is 84.9 Å². The molecule has 0 fully saturated rings. The molecule has 0 aliphatic heterocycles. The van der Waals surface area contributed by atoms with Gasteiger partial charge in [-0.25, -0.2) is 0 Å². The number of anilines is 1. The van der Waals surface area contributed by atoms with Gasteiger partial charge >= 0.3 is 0 Å². The zero-order valence-electron chi connectivity index (χ0n) is 14.4. The molecule has 0 amide bonds. The first-order valence-electron chi connectivity index (χ1n) is 8.77. The lowest BCUT2D eigenvalue weighted by atomic mass is 10.1. The molecule has 1 aromatic heterocycles. The van der Waals surface area contributed by atoms with Gasteiger partial charge in [0.05, 0.1) is 5.69 Å². The zero-order valence-corrected chi connectivity index (χ0v) is 14.4. The number of Topliss-reactive ketones (excluding diaryl/α,β-unsaturated/α-hetero) is 1. The van der Waals surface area contributed by atoms with Crippen molar-refractivity contribution in [2.45, 2.75) is 13.0 Å². The van der Waals surface area contributed by atoms with Crippen LogP contribution in [0.4, 0.5) is 5.69 Å². The topological polar surface area (TPSA) is 44.9 Å². The summed E-state index contributed by atoms with van der Waals surface area (Å²) < 4.78 is 0. The average molecular weight is 340 g/mol. The third-order valence-electron chi connectivity index (χ3n) is 4.50. The second kappa shape index (κ2) is 7.28. The van der Waals surface area contributed by atoms with Gasteiger partial charge in [0, 0.05) is 23.9 Å². The van der Waals surface area contributed by atoms with E-state index in [0.29, 0.717) is 18.7 Å².